The fourth-order valence-corrected chi connectivity index (χ4v) is 13.8. The van der Waals surface area contributed by atoms with Crippen LogP contribution in [0.5, 0.6) is 5.75 Å². The Morgan fingerprint density at radius 2 is 1.79 bits per heavy atom. The number of benzene rings is 2. The lowest BCUT2D eigenvalue weighted by Gasteiger charge is -2.63. The number of rotatable bonds is 7. The number of H-pyrrole nitrogens is 1. The minimum absolute atomic E-state index is 0.142. The maximum Gasteiger partial charge on any atom is 0.344 e. The second-order valence-electron chi connectivity index (χ2n) is 18.5. The number of esters is 3. The molecule has 6 heterocycles. The van der Waals surface area contributed by atoms with E-state index in [0.29, 0.717) is 68.1 Å². The highest BCUT2D eigenvalue weighted by Crippen LogP contribution is 2.68. The van der Waals surface area contributed by atoms with Gasteiger partial charge in [-0.1, -0.05) is 35.0 Å². The van der Waals surface area contributed by atoms with Crippen LogP contribution in [0.4, 0.5) is 14.5 Å². The zero-order valence-corrected chi connectivity index (χ0v) is 37.4. The van der Waals surface area contributed by atoms with E-state index in [1.54, 1.807) is 0 Å². The summed E-state index contributed by atoms with van der Waals surface area (Å²) < 4.78 is 55.4. The lowest BCUT2D eigenvalue weighted by molar-refractivity contribution is -0.228. The molecule has 1 unspecified atom stereocenters. The number of likely N-dealkylation sites (N-methyl/N-ethyl adjacent to an activating group) is 1. The fraction of sp³-hybridized carbons (Fsp3) is 0.587. The van der Waals surface area contributed by atoms with Crippen LogP contribution in [0.2, 0.25) is 0 Å². The molecule has 15 heteroatoms. The van der Waals surface area contributed by atoms with E-state index in [4.69, 9.17) is 18.9 Å². The highest BCUT2D eigenvalue weighted by molar-refractivity contribution is 9.10. The molecule has 12 nitrogen and oxygen atoms in total. The van der Waals surface area contributed by atoms with Crippen molar-refractivity contribution in [1.82, 2.24) is 14.8 Å². The summed E-state index contributed by atoms with van der Waals surface area (Å²) in [6.45, 7) is 6.74. The molecule has 0 radical (unpaired) electrons. The topological polar surface area (TPSA) is 134 Å². The molecule has 1 saturated carbocycles. The molecule has 2 aromatic carbocycles. The fourth-order valence-electron chi connectivity index (χ4n) is 13.5. The van der Waals surface area contributed by atoms with Crippen molar-refractivity contribution in [3.8, 4) is 5.75 Å². The molecule has 3 aromatic rings. The van der Waals surface area contributed by atoms with E-state index in [-0.39, 0.29) is 31.3 Å². The third kappa shape index (κ3) is 5.71. The molecule has 2 bridgehead atoms. The Morgan fingerprint density at radius 1 is 1.03 bits per heavy atom. The number of aliphatic hydroxyl groups is 1. The van der Waals surface area contributed by atoms with E-state index >= 15 is 13.6 Å². The van der Waals surface area contributed by atoms with Gasteiger partial charge in [-0.25, -0.2) is 13.6 Å². The summed E-state index contributed by atoms with van der Waals surface area (Å²) in [4.78, 5) is 52.8. The van der Waals surface area contributed by atoms with Gasteiger partial charge in [0, 0.05) is 101 Å². The third-order valence-corrected chi connectivity index (χ3v) is 16.1. The maximum atomic E-state index is 15.4. The first kappa shape index (κ1) is 42.3. The Morgan fingerprint density at radius 3 is 2.46 bits per heavy atom. The van der Waals surface area contributed by atoms with Gasteiger partial charge in [-0.15, -0.1) is 0 Å². The van der Waals surface area contributed by atoms with Crippen molar-refractivity contribution in [3.05, 3.63) is 69.3 Å². The van der Waals surface area contributed by atoms with Gasteiger partial charge in [-0.05, 0) is 86.9 Å². The highest BCUT2D eigenvalue weighted by atomic mass is 79.9. The number of methoxy groups -OCH3 is 3. The van der Waals surface area contributed by atoms with Gasteiger partial charge < -0.3 is 38.8 Å². The number of fused-ring (bicyclic) bond motifs is 6. The standard InChI is InChI=1S/C46H55BrF2N4O8/c1-8-43-13-9-15-53-17-14-44(37(43)53)31-20-32(35(58-5)21-34(31)51(4)38(44)46(57,41(56)60-7)39(43)61-25(2)54)45(40(55)59-6)22-26-18-27(42(3,48)49)24-52(23-26)16-12-29-30-19-28(47)10-11-33(30)50-36(29)45/h9-11,13,19-21,26-27,37-39,50,57H,8,12,14-18,22-24H2,1-7H3/t26-,27+,37-,38+,39+,43+,44+,45-,46-/m0/s1. The molecule has 328 valence electrons. The second kappa shape index (κ2) is 14.5. The molecule has 3 fully saturated rings. The first-order valence-electron chi connectivity index (χ1n) is 21.3. The number of alkyl halides is 2. The first-order valence-corrected chi connectivity index (χ1v) is 22.1. The van der Waals surface area contributed by atoms with Crippen molar-refractivity contribution < 1.29 is 47.2 Å². The van der Waals surface area contributed by atoms with Crippen LogP contribution in [0.25, 0.3) is 10.9 Å². The van der Waals surface area contributed by atoms with Crippen molar-refractivity contribution in [2.75, 3.05) is 66.0 Å². The lowest BCUT2D eigenvalue weighted by Crippen LogP contribution is -2.81. The van der Waals surface area contributed by atoms with Crippen LogP contribution < -0.4 is 9.64 Å². The number of nitrogens with zero attached hydrogens (tertiary/aromatic N) is 3. The third-order valence-electron chi connectivity index (χ3n) is 15.6. The van der Waals surface area contributed by atoms with Crippen LogP contribution in [0.15, 0.2) is 47.0 Å². The van der Waals surface area contributed by atoms with Crippen LogP contribution >= 0.6 is 15.9 Å². The van der Waals surface area contributed by atoms with Gasteiger partial charge in [-0.2, -0.15) is 0 Å². The number of hydrogen-bond acceptors (Lipinski definition) is 11. The summed E-state index contributed by atoms with van der Waals surface area (Å²) in [5.74, 6) is -5.96. The molecular weight excluding hydrogens is 854 g/mol. The second-order valence-corrected chi connectivity index (χ2v) is 19.4. The molecule has 2 N–H and O–H groups in total. The van der Waals surface area contributed by atoms with Gasteiger partial charge in [0.25, 0.3) is 0 Å². The Balaban J connectivity index is 1.36. The molecule has 6 aliphatic rings. The van der Waals surface area contributed by atoms with E-state index in [1.807, 2.05) is 61.4 Å². The Kier molecular flexibility index (Phi) is 10.0. The Labute approximate surface area is 363 Å². The smallest absolute Gasteiger partial charge is 0.344 e. The van der Waals surface area contributed by atoms with Crippen molar-refractivity contribution in [2.24, 2.45) is 17.3 Å². The number of piperidine rings is 1. The number of anilines is 1. The van der Waals surface area contributed by atoms with Crippen molar-refractivity contribution >= 4 is 50.4 Å². The zero-order valence-electron chi connectivity index (χ0n) is 35.8. The molecule has 0 amide bonds. The zero-order chi connectivity index (χ0) is 43.6. The maximum absolute atomic E-state index is 15.4. The largest absolute Gasteiger partial charge is 0.496 e. The number of halogens is 3. The molecule has 61 heavy (non-hydrogen) atoms. The monoisotopic (exact) mass is 908 g/mol. The predicted molar refractivity (Wildman–Crippen MR) is 227 cm³/mol. The number of carbonyl (C=O) groups is 3. The van der Waals surface area contributed by atoms with E-state index < -0.39 is 63.7 Å². The van der Waals surface area contributed by atoms with Gasteiger partial charge >= 0.3 is 17.9 Å². The molecular formula is C46H55BrF2N4O8. The molecule has 9 rings (SSSR count). The number of nitrogens with one attached hydrogen (secondary N) is 1. The summed E-state index contributed by atoms with van der Waals surface area (Å²) in [5, 5.41) is 14.2. The molecule has 1 spiro atoms. The summed E-state index contributed by atoms with van der Waals surface area (Å²) in [7, 11) is 5.95. The Bertz CT molecular complexity index is 2350. The Hall–Kier alpha value is -4.05. The number of hydrogen-bond donors (Lipinski definition) is 2. The van der Waals surface area contributed by atoms with Crippen LogP contribution in [0.1, 0.15) is 68.8 Å². The van der Waals surface area contributed by atoms with E-state index in [9.17, 15) is 14.7 Å². The van der Waals surface area contributed by atoms with E-state index in [1.165, 1.54) is 28.3 Å². The van der Waals surface area contributed by atoms with Crippen LogP contribution in [-0.2, 0) is 45.8 Å². The van der Waals surface area contributed by atoms with Crippen molar-refractivity contribution in [2.45, 2.75) is 93.4 Å². The highest BCUT2D eigenvalue weighted by Gasteiger charge is 2.80. The minimum atomic E-state index is -2.94. The summed E-state index contributed by atoms with van der Waals surface area (Å²) in [5.41, 5.74) is -1.64. The quantitative estimate of drug-likeness (QED) is 0.167. The van der Waals surface area contributed by atoms with Gasteiger partial charge in [0.15, 0.2) is 6.10 Å². The number of aromatic nitrogens is 1. The number of carbonyl (C=O) groups excluding carboxylic acids is 3. The number of aromatic amines is 1. The van der Waals surface area contributed by atoms with E-state index in [2.05, 4.69) is 30.7 Å². The average molecular weight is 910 g/mol. The van der Waals surface area contributed by atoms with Gasteiger partial charge in [0.2, 0.25) is 11.5 Å². The van der Waals surface area contributed by atoms with Gasteiger partial charge in [0.05, 0.1) is 27.4 Å². The van der Waals surface area contributed by atoms with Gasteiger partial charge in [-0.3, -0.25) is 14.5 Å². The van der Waals surface area contributed by atoms with Crippen LogP contribution in [0.3, 0.4) is 0 Å². The van der Waals surface area contributed by atoms with Crippen molar-refractivity contribution in [3.63, 3.8) is 0 Å². The van der Waals surface area contributed by atoms with Gasteiger partial charge in [0.1, 0.15) is 11.2 Å². The lowest BCUT2D eigenvalue weighted by atomic mass is 9.47. The normalized spacial score (nSPS) is 35.2. The number of ether oxygens (including phenoxy) is 4. The molecule has 5 aliphatic heterocycles. The predicted octanol–water partition coefficient (Wildman–Crippen LogP) is 5.88. The molecule has 10 atom stereocenters. The van der Waals surface area contributed by atoms with Crippen molar-refractivity contribution in [1.29, 1.82) is 0 Å². The SMILES string of the molecule is CC[C@]12C=CCN3CC[C@@]4(c5cc([C@@]6(C(=O)OC)C[C@@H]7C[C@@H](C(C)(F)F)CN(CCc8c6[nH]c6ccc(Br)cc86)C7)c(OC)cc5N(C)[C@H]4[C@@](O)(C(=O)OC)[C@@H]1OC(C)=O)[C@@H]32. The van der Waals surface area contributed by atoms with Crippen LogP contribution in [-0.4, -0.2) is 129 Å². The van der Waals surface area contributed by atoms with E-state index in [0.717, 1.165) is 33.4 Å². The first-order chi connectivity index (χ1) is 29.0. The average Bonchev–Trinajstić information content (AvgIpc) is 3.89. The summed E-state index contributed by atoms with van der Waals surface area (Å²) in [6, 6.07) is 8.47. The molecule has 2 saturated heterocycles. The molecule has 1 aromatic heterocycles. The summed E-state index contributed by atoms with van der Waals surface area (Å²) in [6.07, 6.45) is 4.48. The molecule has 1 aliphatic carbocycles. The van der Waals surface area contributed by atoms with Crippen LogP contribution in [0, 0.1) is 17.3 Å². The summed E-state index contributed by atoms with van der Waals surface area (Å²) >= 11 is 3.66. The minimum Gasteiger partial charge on any atom is -0.496 e.